The predicted molar refractivity (Wildman–Crippen MR) is 37.7 cm³/mol. The van der Waals surface area contributed by atoms with Gasteiger partial charge in [0.1, 0.15) is 6.33 Å². The van der Waals surface area contributed by atoms with Gasteiger partial charge in [0.25, 0.3) is 9.04 Å². The molecule has 0 aliphatic carbocycles. The van der Waals surface area contributed by atoms with Crippen LogP contribution in [0.1, 0.15) is 0 Å². The van der Waals surface area contributed by atoms with E-state index in [0.717, 1.165) is 0 Å². The highest BCUT2D eigenvalue weighted by Gasteiger charge is 1.94. The summed E-state index contributed by atoms with van der Waals surface area (Å²) in [5.41, 5.74) is 0. The van der Waals surface area contributed by atoms with Crippen molar-refractivity contribution in [3.63, 3.8) is 0 Å². The van der Waals surface area contributed by atoms with Crippen molar-refractivity contribution in [2.75, 3.05) is 0 Å². The van der Waals surface area contributed by atoms with Crippen LogP contribution in [-0.4, -0.2) is 18.8 Å². The number of aromatic nitrogens is 2. The van der Waals surface area contributed by atoms with Crippen molar-refractivity contribution in [1.82, 2.24) is 9.71 Å². The molecule has 1 heterocycles. The Bertz CT molecular complexity index is 161. The molecule has 50 valence electrons. The maximum atomic E-state index is 5.35. The molecule has 0 unspecified atom stereocenters. The van der Waals surface area contributed by atoms with Gasteiger partial charge in [-0.2, -0.15) is 4.73 Å². The van der Waals surface area contributed by atoms with Crippen LogP contribution in [0.2, 0.25) is 13.1 Å². The zero-order valence-corrected chi connectivity index (χ0v) is 6.77. The number of hydrogen-bond donors (Lipinski definition) is 0. The van der Waals surface area contributed by atoms with Gasteiger partial charge < -0.3 is 4.53 Å². The van der Waals surface area contributed by atoms with Gasteiger partial charge >= 0.3 is 0 Å². The molecule has 4 heteroatoms. The number of nitrogens with zero attached hydrogens (tertiary/aromatic N) is 2. The number of imidazole rings is 1. The molecule has 0 amide bonds. The summed E-state index contributed by atoms with van der Waals surface area (Å²) in [6.07, 6.45) is 5.16. The normalized spacial score (nSPS) is 10.1. The lowest BCUT2D eigenvalue weighted by molar-refractivity contribution is 0.280. The molecule has 1 aromatic heterocycles. The zero-order chi connectivity index (χ0) is 6.69. The maximum Gasteiger partial charge on any atom is 0.264 e. The fraction of sp³-hybridized carbons (Fsp3) is 0.400. The Balaban J connectivity index is 2.48. The van der Waals surface area contributed by atoms with Crippen LogP contribution in [0.3, 0.4) is 0 Å². The van der Waals surface area contributed by atoms with Crippen LogP contribution >= 0.6 is 0 Å². The third-order valence-electron chi connectivity index (χ3n) is 0.813. The average Bonchev–Trinajstić information content (AvgIpc) is 2.15. The fourth-order valence-electron chi connectivity index (χ4n) is 0.553. The summed E-state index contributed by atoms with van der Waals surface area (Å²) >= 11 is 0. The summed E-state index contributed by atoms with van der Waals surface area (Å²) in [4.78, 5) is 3.84. The highest BCUT2D eigenvalue weighted by molar-refractivity contribution is 6.48. The average molecular weight is 142 g/mol. The Morgan fingerprint density at radius 2 is 2.33 bits per heavy atom. The lowest BCUT2D eigenvalue weighted by Gasteiger charge is -2.07. The smallest absolute Gasteiger partial charge is 0.264 e. The van der Waals surface area contributed by atoms with Gasteiger partial charge in [-0.25, -0.2) is 4.98 Å². The van der Waals surface area contributed by atoms with Crippen molar-refractivity contribution in [3.05, 3.63) is 18.7 Å². The van der Waals surface area contributed by atoms with Crippen LogP contribution in [0.4, 0.5) is 0 Å². The first kappa shape index (κ1) is 6.35. The maximum absolute atomic E-state index is 5.35. The van der Waals surface area contributed by atoms with Gasteiger partial charge in [-0.15, -0.1) is 0 Å². The molecule has 9 heavy (non-hydrogen) atoms. The number of hydrogen-bond acceptors (Lipinski definition) is 2. The molecule has 0 saturated carbocycles. The standard InChI is InChI=1S/C5H10N2OSi/c1-9(2)8-7-4-3-6-5-7/h3-5,9H,1-2H3. The van der Waals surface area contributed by atoms with E-state index in [1.165, 1.54) is 0 Å². The lowest BCUT2D eigenvalue weighted by atomic mass is 11.0. The third-order valence-corrected chi connectivity index (χ3v) is 1.48. The summed E-state index contributed by atoms with van der Waals surface area (Å²) in [5.74, 6) is 0. The second-order valence-corrected chi connectivity index (χ2v) is 4.39. The second-order valence-electron chi connectivity index (χ2n) is 2.08. The van der Waals surface area contributed by atoms with E-state index >= 15 is 0 Å². The summed E-state index contributed by atoms with van der Waals surface area (Å²) in [7, 11) is -0.940. The van der Waals surface area contributed by atoms with E-state index in [0.29, 0.717) is 0 Å². The van der Waals surface area contributed by atoms with Gasteiger partial charge in [0.05, 0.1) is 6.20 Å². The van der Waals surface area contributed by atoms with E-state index in [1.807, 2.05) is 0 Å². The number of rotatable bonds is 2. The van der Waals surface area contributed by atoms with Crippen LogP contribution in [0, 0.1) is 0 Å². The topological polar surface area (TPSA) is 27.1 Å². The molecule has 0 radical (unpaired) electrons. The fourth-order valence-corrected chi connectivity index (χ4v) is 1.16. The molecule has 0 atom stereocenters. The van der Waals surface area contributed by atoms with Gasteiger partial charge in [0.15, 0.2) is 0 Å². The van der Waals surface area contributed by atoms with Gasteiger partial charge in [0.2, 0.25) is 0 Å². The van der Waals surface area contributed by atoms with Crippen LogP contribution in [0.5, 0.6) is 0 Å². The molecular formula is C5H10N2OSi. The molecule has 1 aromatic rings. The third kappa shape index (κ3) is 1.89. The van der Waals surface area contributed by atoms with E-state index in [9.17, 15) is 0 Å². The van der Waals surface area contributed by atoms with Gasteiger partial charge in [-0.05, 0) is 13.1 Å². The Labute approximate surface area is 56.0 Å². The Morgan fingerprint density at radius 3 is 2.78 bits per heavy atom. The van der Waals surface area contributed by atoms with E-state index in [-0.39, 0.29) is 0 Å². The van der Waals surface area contributed by atoms with Crippen LogP contribution in [0.15, 0.2) is 18.7 Å². The monoisotopic (exact) mass is 142 g/mol. The molecule has 3 nitrogen and oxygen atoms in total. The Kier molecular flexibility index (Phi) is 1.89. The van der Waals surface area contributed by atoms with Gasteiger partial charge in [-0.3, -0.25) is 0 Å². The SMILES string of the molecule is C[SiH](C)On1ccnc1. The first-order valence-corrected chi connectivity index (χ1v) is 5.72. The molecule has 0 saturated heterocycles. The first-order valence-electron chi connectivity index (χ1n) is 2.94. The second kappa shape index (κ2) is 2.68. The Morgan fingerprint density at radius 1 is 1.56 bits per heavy atom. The van der Waals surface area contributed by atoms with Gasteiger partial charge in [-0.1, -0.05) is 0 Å². The van der Waals surface area contributed by atoms with Crippen molar-refractivity contribution in [2.24, 2.45) is 0 Å². The van der Waals surface area contributed by atoms with E-state index in [2.05, 4.69) is 18.1 Å². The largest absolute Gasteiger partial charge is 0.473 e. The predicted octanol–water partition coefficient (Wildman–Crippen LogP) is 0.295. The van der Waals surface area contributed by atoms with Crippen LogP contribution < -0.4 is 4.53 Å². The molecule has 0 spiro atoms. The summed E-state index contributed by atoms with van der Waals surface area (Å²) in [6, 6.07) is 0. The minimum Gasteiger partial charge on any atom is -0.473 e. The lowest BCUT2D eigenvalue weighted by Crippen LogP contribution is -2.21. The van der Waals surface area contributed by atoms with Crippen molar-refractivity contribution in [2.45, 2.75) is 13.1 Å². The van der Waals surface area contributed by atoms with Gasteiger partial charge in [0, 0.05) is 6.20 Å². The molecule has 0 bridgehead atoms. The highest BCUT2D eigenvalue weighted by atomic mass is 28.3. The van der Waals surface area contributed by atoms with Crippen molar-refractivity contribution in [3.8, 4) is 0 Å². The van der Waals surface area contributed by atoms with E-state index in [4.69, 9.17) is 4.53 Å². The summed E-state index contributed by atoms with van der Waals surface area (Å²) < 4.78 is 7.00. The van der Waals surface area contributed by atoms with E-state index in [1.54, 1.807) is 23.5 Å². The molecule has 0 fully saturated rings. The zero-order valence-electron chi connectivity index (χ0n) is 5.61. The van der Waals surface area contributed by atoms with Crippen LogP contribution in [0.25, 0.3) is 0 Å². The van der Waals surface area contributed by atoms with Crippen molar-refractivity contribution < 1.29 is 4.53 Å². The van der Waals surface area contributed by atoms with E-state index < -0.39 is 9.04 Å². The van der Waals surface area contributed by atoms with Crippen LogP contribution in [-0.2, 0) is 0 Å². The first-order chi connectivity index (χ1) is 4.29. The quantitative estimate of drug-likeness (QED) is 0.555. The molecule has 0 aliphatic rings. The molecular weight excluding hydrogens is 132 g/mol. The molecule has 0 aliphatic heterocycles. The highest BCUT2D eigenvalue weighted by Crippen LogP contribution is 1.82. The van der Waals surface area contributed by atoms with Crippen molar-refractivity contribution in [1.29, 1.82) is 0 Å². The summed E-state index contributed by atoms with van der Waals surface area (Å²) in [5, 5.41) is 0. The minimum atomic E-state index is -0.940. The molecule has 0 aromatic carbocycles. The van der Waals surface area contributed by atoms with Crippen molar-refractivity contribution >= 4 is 9.04 Å². The molecule has 0 N–H and O–H groups in total. The summed E-state index contributed by atoms with van der Waals surface area (Å²) in [6.45, 7) is 4.22. The Hall–Kier alpha value is -0.773. The molecule has 1 rings (SSSR count). The minimum absolute atomic E-state index is 0.940.